The third kappa shape index (κ3) is 4.40. The molecule has 136 valence electrons. The molecule has 2 aromatic rings. The number of anilines is 1. The molecule has 8 heteroatoms. The topological polar surface area (TPSA) is 90.9 Å². The first-order valence-corrected chi connectivity index (χ1v) is 8.88. The van der Waals surface area contributed by atoms with E-state index < -0.39 is 18.5 Å². The van der Waals surface area contributed by atoms with Crippen molar-refractivity contribution in [3.63, 3.8) is 0 Å². The Bertz CT molecular complexity index is 830. The largest absolute Gasteiger partial charge is 0.456 e. The van der Waals surface area contributed by atoms with Crippen LogP contribution >= 0.6 is 11.3 Å². The number of thiophene rings is 1. The van der Waals surface area contributed by atoms with Crippen molar-refractivity contribution in [1.29, 1.82) is 0 Å². The Labute approximate surface area is 153 Å². The van der Waals surface area contributed by atoms with E-state index in [0.29, 0.717) is 29.2 Å². The van der Waals surface area contributed by atoms with Crippen molar-refractivity contribution in [3.8, 4) is 11.5 Å². The number of aryl methyl sites for hydroxylation is 1. The summed E-state index contributed by atoms with van der Waals surface area (Å²) >= 11 is 1.56. The number of fused-ring (bicyclic) bond motifs is 1. The minimum atomic E-state index is -0.532. The summed E-state index contributed by atoms with van der Waals surface area (Å²) in [6.45, 7) is 1.03. The SMILES string of the molecule is CC(=O)c1cc2c(cc1NC(=O)COC(=O)CCc1ccsc1)OCO2. The lowest BCUT2D eigenvalue weighted by Gasteiger charge is -2.11. The van der Waals surface area contributed by atoms with Gasteiger partial charge < -0.3 is 19.5 Å². The lowest BCUT2D eigenvalue weighted by atomic mass is 10.1. The van der Waals surface area contributed by atoms with Gasteiger partial charge in [-0.15, -0.1) is 0 Å². The fourth-order valence-electron chi connectivity index (χ4n) is 2.42. The van der Waals surface area contributed by atoms with Gasteiger partial charge in [-0.2, -0.15) is 11.3 Å². The highest BCUT2D eigenvalue weighted by molar-refractivity contribution is 7.07. The summed E-state index contributed by atoms with van der Waals surface area (Å²) in [6.07, 6.45) is 0.771. The Hall–Kier alpha value is -2.87. The summed E-state index contributed by atoms with van der Waals surface area (Å²) in [5, 5.41) is 6.47. The number of esters is 1. The van der Waals surface area contributed by atoms with Crippen LogP contribution in [0, 0.1) is 0 Å². The van der Waals surface area contributed by atoms with Gasteiger partial charge in [-0.25, -0.2) is 0 Å². The van der Waals surface area contributed by atoms with Gasteiger partial charge in [0.15, 0.2) is 23.9 Å². The Morgan fingerprint density at radius 1 is 1.23 bits per heavy atom. The number of hydrogen-bond donors (Lipinski definition) is 1. The number of nitrogens with one attached hydrogen (secondary N) is 1. The molecule has 0 aliphatic carbocycles. The van der Waals surface area contributed by atoms with Gasteiger partial charge in [-0.3, -0.25) is 14.4 Å². The van der Waals surface area contributed by atoms with E-state index in [-0.39, 0.29) is 19.0 Å². The monoisotopic (exact) mass is 375 g/mol. The zero-order valence-corrected chi connectivity index (χ0v) is 14.9. The van der Waals surface area contributed by atoms with Crippen molar-refractivity contribution in [2.24, 2.45) is 0 Å². The number of ketones is 1. The molecule has 1 aliphatic heterocycles. The van der Waals surface area contributed by atoms with Crippen molar-refractivity contribution in [3.05, 3.63) is 40.1 Å². The smallest absolute Gasteiger partial charge is 0.306 e. The van der Waals surface area contributed by atoms with Crippen LogP contribution in [-0.4, -0.2) is 31.1 Å². The summed E-state index contributed by atoms with van der Waals surface area (Å²) < 4.78 is 15.5. The number of benzene rings is 1. The number of carbonyl (C=O) groups is 3. The second-order valence-corrected chi connectivity index (χ2v) is 6.43. The molecule has 1 aromatic carbocycles. The molecule has 0 spiro atoms. The van der Waals surface area contributed by atoms with Gasteiger partial charge >= 0.3 is 5.97 Å². The number of ether oxygens (including phenoxy) is 3. The minimum absolute atomic E-state index is 0.0613. The molecular weight excluding hydrogens is 358 g/mol. The molecule has 1 aromatic heterocycles. The standard InChI is InChI=1S/C18H17NO6S/c1-11(20)13-6-15-16(25-10-24-15)7-14(13)19-17(21)8-23-18(22)3-2-12-4-5-26-9-12/h4-7,9H,2-3,8,10H2,1H3,(H,19,21). The molecule has 7 nitrogen and oxygen atoms in total. The van der Waals surface area contributed by atoms with E-state index >= 15 is 0 Å². The van der Waals surface area contributed by atoms with Crippen LogP contribution in [-0.2, 0) is 20.7 Å². The maximum Gasteiger partial charge on any atom is 0.306 e. The first-order valence-electron chi connectivity index (χ1n) is 7.94. The Kier molecular flexibility index (Phi) is 5.52. The molecule has 26 heavy (non-hydrogen) atoms. The zero-order valence-electron chi connectivity index (χ0n) is 14.1. The van der Waals surface area contributed by atoms with E-state index in [1.165, 1.54) is 19.1 Å². The van der Waals surface area contributed by atoms with Crippen LogP contribution in [0.1, 0.15) is 29.3 Å². The molecule has 0 unspecified atom stereocenters. The number of Topliss-reactive ketones (excluding diaryl/α,β-unsaturated/α-hetero) is 1. The highest BCUT2D eigenvalue weighted by Crippen LogP contribution is 2.37. The number of carbonyl (C=O) groups excluding carboxylic acids is 3. The number of rotatable bonds is 7. The quantitative estimate of drug-likeness (QED) is 0.591. The molecule has 0 saturated heterocycles. The van der Waals surface area contributed by atoms with Gasteiger partial charge in [0, 0.05) is 18.1 Å². The maximum atomic E-state index is 12.1. The summed E-state index contributed by atoms with van der Waals surface area (Å²) in [5.41, 5.74) is 1.65. The third-order valence-electron chi connectivity index (χ3n) is 3.73. The van der Waals surface area contributed by atoms with Crippen LogP contribution < -0.4 is 14.8 Å². The van der Waals surface area contributed by atoms with Gasteiger partial charge in [0.2, 0.25) is 6.79 Å². The molecule has 0 fully saturated rings. The van der Waals surface area contributed by atoms with E-state index in [0.717, 1.165) is 5.56 Å². The van der Waals surface area contributed by atoms with Crippen molar-refractivity contribution in [1.82, 2.24) is 0 Å². The summed E-state index contributed by atoms with van der Waals surface area (Å²) in [4.78, 5) is 35.6. The number of hydrogen-bond acceptors (Lipinski definition) is 7. The van der Waals surface area contributed by atoms with E-state index in [4.69, 9.17) is 14.2 Å². The van der Waals surface area contributed by atoms with Gasteiger partial charge in [-0.05, 0) is 41.8 Å². The highest BCUT2D eigenvalue weighted by atomic mass is 32.1. The molecule has 0 radical (unpaired) electrons. The predicted molar refractivity (Wildman–Crippen MR) is 94.8 cm³/mol. The zero-order chi connectivity index (χ0) is 18.5. The average molecular weight is 375 g/mol. The average Bonchev–Trinajstić information content (AvgIpc) is 3.28. The fraction of sp³-hybridized carbons (Fsp3) is 0.278. The van der Waals surface area contributed by atoms with Crippen LogP contribution in [0.5, 0.6) is 11.5 Å². The summed E-state index contributed by atoms with van der Waals surface area (Å²) in [5.74, 6) is -0.323. The first-order chi connectivity index (χ1) is 12.5. The normalized spacial score (nSPS) is 11.9. The Balaban J connectivity index is 1.54. The molecule has 1 amide bonds. The van der Waals surface area contributed by atoms with E-state index in [1.54, 1.807) is 11.3 Å². The maximum absolute atomic E-state index is 12.1. The molecular formula is C18H17NO6S. The summed E-state index contributed by atoms with van der Waals surface area (Å²) in [7, 11) is 0. The molecule has 0 bridgehead atoms. The van der Waals surface area contributed by atoms with Crippen molar-refractivity contribution in [2.75, 3.05) is 18.7 Å². The third-order valence-corrected chi connectivity index (χ3v) is 4.46. The molecule has 1 aliphatic rings. The Morgan fingerprint density at radius 2 is 2.00 bits per heavy atom. The highest BCUT2D eigenvalue weighted by Gasteiger charge is 2.20. The molecule has 1 N–H and O–H groups in total. The van der Waals surface area contributed by atoms with Crippen LogP contribution in [0.25, 0.3) is 0 Å². The van der Waals surface area contributed by atoms with E-state index in [2.05, 4.69) is 5.32 Å². The molecule has 3 rings (SSSR count). The van der Waals surface area contributed by atoms with Crippen molar-refractivity contribution in [2.45, 2.75) is 19.8 Å². The lowest BCUT2D eigenvalue weighted by Crippen LogP contribution is -2.22. The van der Waals surface area contributed by atoms with E-state index in [1.807, 2.05) is 16.8 Å². The molecule has 2 heterocycles. The van der Waals surface area contributed by atoms with Crippen LogP contribution in [0.2, 0.25) is 0 Å². The van der Waals surface area contributed by atoms with Crippen LogP contribution in [0.3, 0.4) is 0 Å². The second-order valence-electron chi connectivity index (χ2n) is 5.65. The first kappa shape index (κ1) is 17.9. The second kappa shape index (κ2) is 8.01. The van der Waals surface area contributed by atoms with Gasteiger partial charge in [0.25, 0.3) is 5.91 Å². The van der Waals surface area contributed by atoms with Gasteiger partial charge in [0.1, 0.15) is 0 Å². The van der Waals surface area contributed by atoms with Crippen LogP contribution in [0.4, 0.5) is 5.69 Å². The molecule has 0 atom stereocenters. The van der Waals surface area contributed by atoms with Crippen LogP contribution in [0.15, 0.2) is 29.0 Å². The minimum Gasteiger partial charge on any atom is -0.456 e. The van der Waals surface area contributed by atoms with Crippen molar-refractivity contribution >= 4 is 34.7 Å². The Morgan fingerprint density at radius 3 is 2.69 bits per heavy atom. The fourth-order valence-corrected chi connectivity index (χ4v) is 3.13. The van der Waals surface area contributed by atoms with E-state index in [9.17, 15) is 14.4 Å². The van der Waals surface area contributed by atoms with Gasteiger partial charge in [-0.1, -0.05) is 0 Å². The number of amides is 1. The predicted octanol–water partition coefficient (Wildman–Crippen LogP) is 2.79. The van der Waals surface area contributed by atoms with Crippen molar-refractivity contribution < 1.29 is 28.6 Å². The summed E-state index contributed by atoms with van der Waals surface area (Å²) in [6, 6.07) is 4.98. The lowest BCUT2D eigenvalue weighted by molar-refractivity contribution is -0.147. The molecule has 0 saturated carbocycles. The van der Waals surface area contributed by atoms with Gasteiger partial charge in [0.05, 0.1) is 5.69 Å².